The van der Waals surface area contributed by atoms with Crippen LogP contribution in [-0.4, -0.2) is 30.9 Å². The zero-order valence-electron chi connectivity index (χ0n) is 12.0. The molecule has 1 unspecified atom stereocenters. The number of hydrogen-bond donors (Lipinski definition) is 1. The van der Waals surface area contributed by atoms with Crippen LogP contribution in [0.3, 0.4) is 0 Å². The van der Waals surface area contributed by atoms with Crippen LogP contribution < -0.4 is 5.32 Å². The molecule has 1 aromatic rings. The van der Waals surface area contributed by atoms with Crippen LogP contribution in [0.4, 0.5) is 0 Å². The SMILES string of the molecule is CNC(CN1CCCCCC1=O)c1ccccc1C. The molecule has 0 aromatic heterocycles. The molecular weight excluding hydrogens is 236 g/mol. The number of benzene rings is 1. The molecule has 1 atom stereocenters. The second kappa shape index (κ2) is 6.71. The van der Waals surface area contributed by atoms with Crippen LogP contribution in [0, 0.1) is 6.92 Å². The minimum absolute atomic E-state index is 0.225. The van der Waals surface area contributed by atoms with Crippen LogP contribution in [0.15, 0.2) is 24.3 Å². The smallest absolute Gasteiger partial charge is 0.222 e. The number of likely N-dealkylation sites (N-methyl/N-ethyl adjacent to an activating group) is 1. The summed E-state index contributed by atoms with van der Waals surface area (Å²) in [6, 6.07) is 8.63. The fourth-order valence-corrected chi connectivity index (χ4v) is 2.77. The third-order valence-electron chi connectivity index (χ3n) is 3.99. The molecule has 104 valence electrons. The fraction of sp³-hybridized carbons (Fsp3) is 0.562. The summed E-state index contributed by atoms with van der Waals surface area (Å²) in [5, 5.41) is 3.35. The van der Waals surface area contributed by atoms with E-state index in [1.54, 1.807) is 0 Å². The molecule has 0 saturated carbocycles. The maximum Gasteiger partial charge on any atom is 0.222 e. The average molecular weight is 260 g/mol. The second-order valence-corrected chi connectivity index (χ2v) is 5.35. The molecule has 2 rings (SSSR count). The van der Waals surface area contributed by atoms with E-state index in [4.69, 9.17) is 0 Å². The van der Waals surface area contributed by atoms with Crippen molar-refractivity contribution in [3.05, 3.63) is 35.4 Å². The van der Waals surface area contributed by atoms with Gasteiger partial charge in [0.2, 0.25) is 5.91 Å². The molecule has 3 heteroatoms. The van der Waals surface area contributed by atoms with Gasteiger partial charge in [-0.25, -0.2) is 0 Å². The van der Waals surface area contributed by atoms with Crippen molar-refractivity contribution in [2.75, 3.05) is 20.1 Å². The topological polar surface area (TPSA) is 32.3 Å². The lowest BCUT2D eigenvalue weighted by Crippen LogP contribution is -2.38. The van der Waals surface area contributed by atoms with Crippen molar-refractivity contribution in [2.45, 2.75) is 38.6 Å². The molecule has 1 heterocycles. The Bertz CT molecular complexity index is 431. The predicted molar refractivity (Wildman–Crippen MR) is 78.0 cm³/mol. The first-order chi connectivity index (χ1) is 9.22. The lowest BCUT2D eigenvalue weighted by atomic mass is 10.0. The third-order valence-corrected chi connectivity index (χ3v) is 3.99. The minimum Gasteiger partial charge on any atom is -0.341 e. The van der Waals surface area contributed by atoms with E-state index in [2.05, 4.69) is 36.5 Å². The van der Waals surface area contributed by atoms with E-state index in [9.17, 15) is 4.79 Å². The highest BCUT2D eigenvalue weighted by molar-refractivity contribution is 5.76. The Morgan fingerprint density at radius 2 is 2.05 bits per heavy atom. The molecule has 1 N–H and O–H groups in total. The first-order valence-electron chi connectivity index (χ1n) is 7.23. The number of hydrogen-bond acceptors (Lipinski definition) is 2. The summed E-state index contributed by atoms with van der Waals surface area (Å²) >= 11 is 0. The molecule has 1 aromatic carbocycles. The first-order valence-corrected chi connectivity index (χ1v) is 7.23. The van der Waals surface area contributed by atoms with Crippen LogP contribution in [0.25, 0.3) is 0 Å². The molecule has 0 radical (unpaired) electrons. The summed E-state index contributed by atoms with van der Waals surface area (Å²) in [6.45, 7) is 3.81. The molecule has 1 saturated heterocycles. The fourth-order valence-electron chi connectivity index (χ4n) is 2.77. The highest BCUT2D eigenvalue weighted by atomic mass is 16.2. The Morgan fingerprint density at radius 1 is 1.26 bits per heavy atom. The predicted octanol–water partition coefficient (Wildman–Crippen LogP) is 2.66. The summed E-state index contributed by atoms with van der Waals surface area (Å²) in [6.07, 6.45) is 4.07. The van der Waals surface area contributed by atoms with Gasteiger partial charge in [0.05, 0.1) is 0 Å². The van der Waals surface area contributed by atoms with Gasteiger partial charge in [0, 0.05) is 25.6 Å². The number of likely N-dealkylation sites (tertiary alicyclic amines) is 1. The van der Waals surface area contributed by atoms with E-state index in [1.807, 2.05) is 11.9 Å². The van der Waals surface area contributed by atoms with Crippen LogP contribution in [0.5, 0.6) is 0 Å². The second-order valence-electron chi connectivity index (χ2n) is 5.35. The molecule has 1 fully saturated rings. The van der Waals surface area contributed by atoms with Crippen molar-refractivity contribution < 1.29 is 4.79 Å². The van der Waals surface area contributed by atoms with Gasteiger partial charge in [-0.15, -0.1) is 0 Å². The lowest BCUT2D eigenvalue weighted by molar-refractivity contribution is -0.131. The van der Waals surface area contributed by atoms with E-state index in [-0.39, 0.29) is 6.04 Å². The standard InChI is InChI=1S/C16H24N2O/c1-13-8-5-6-9-14(13)15(17-2)12-18-11-7-3-4-10-16(18)19/h5-6,8-9,15,17H,3-4,7,10-12H2,1-2H3. The van der Waals surface area contributed by atoms with Crippen LogP contribution >= 0.6 is 0 Å². The van der Waals surface area contributed by atoms with E-state index >= 15 is 0 Å². The van der Waals surface area contributed by atoms with Crippen molar-refractivity contribution in [1.29, 1.82) is 0 Å². The quantitative estimate of drug-likeness (QED) is 0.902. The number of nitrogens with one attached hydrogen (secondary N) is 1. The summed E-state index contributed by atoms with van der Waals surface area (Å²) in [7, 11) is 1.97. The number of rotatable bonds is 4. The molecule has 1 amide bonds. The van der Waals surface area contributed by atoms with Crippen molar-refractivity contribution in [3.63, 3.8) is 0 Å². The van der Waals surface area contributed by atoms with Gasteiger partial charge in [0.1, 0.15) is 0 Å². The van der Waals surface area contributed by atoms with Gasteiger partial charge in [-0.05, 0) is 37.9 Å². The summed E-state index contributed by atoms with van der Waals surface area (Å²) in [5.74, 6) is 0.311. The number of aryl methyl sites for hydroxylation is 1. The molecule has 0 bridgehead atoms. The molecule has 1 aliphatic heterocycles. The Labute approximate surface area is 116 Å². The molecular formula is C16H24N2O. The summed E-state index contributed by atoms with van der Waals surface area (Å²) < 4.78 is 0. The van der Waals surface area contributed by atoms with Crippen molar-refractivity contribution >= 4 is 5.91 Å². The summed E-state index contributed by atoms with van der Waals surface area (Å²) in [4.78, 5) is 14.1. The first kappa shape index (κ1) is 14.1. The normalized spacial score (nSPS) is 18.2. The average Bonchev–Trinajstić information content (AvgIpc) is 2.62. The van der Waals surface area contributed by atoms with E-state index < -0.39 is 0 Å². The molecule has 19 heavy (non-hydrogen) atoms. The lowest BCUT2D eigenvalue weighted by Gasteiger charge is -2.27. The zero-order valence-corrected chi connectivity index (χ0v) is 12.0. The number of amides is 1. The number of nitrogens with zero attached hydrogens (tertiary/aromatic N) is 1. The van der Waals surface area contributed by atoms with Gasteiger partial charge in [0.25, 0.3) is 0 Å². The maximum absolute atomic E-state index is 12.1. The summed E-state index contributed by atoms with van der Waals surface area (Å²) in [5.41, 5.74) is 2.58. The van der Waals surface area contributed by atoms with Crippen LogP contribution in [0.1, 0.15) is 42.9 Å². The van der Waals surface area contributed by atoms with Gasteiger partial charge in [-0.2, -0.15) is 0 Å². The maximum atomic E-state index is 12.1. The van der Waals surface area contributed by atoms with Gasteiger partial charge in [-0.1, -0.05) is 30.7 Å². The molecule has 0 aliphatic carbocycles. The Hall–Kier alpha value is -1.35. The highest BCUT2D eigenvalue weighted by Gasteiger charge is 2.21. The number of carbonyl (C=O) groups excluding carboxylic acids is 1. The van der Waals surface area contributed by atoms with E-state index in [0.717, 1.165) is 25.9 Å². The van der Waals surface area contributed by atoms with Crippen molar-refractivity contribution in [2.24, 2.45) is 0 Å². The van der Waals surface area contributed by atoms with Gasteiger partial charge >= 0.3 is 0 Å². The van der Waals surface area contributed by atoms with Gasteiger partial charge in [0.15, 0.2) is 0 Å². The monoisotopic (exact) mass is 260 g/mol. The van der Waals surface area contributed by atoms with E-state index in [0.29, 0.717) is 12.3 Å². The van der Waals surface area contributed by atoms with Crippen LogP contribution in [-0.2, 0) is 4.79 Å². The molecule has 3 nitrogen and oxygen atoms in total. The Kier molecular flexibility index (Phi) is 4.97. The number of carbonyl (C=O) groups is 1. The molecule has 1 aliphatic rings. The van der Waals surface area contributed by atoms with Gasteiger partial charge < -0.3 is 10.2 Å². The van der Waals surface area contributed by atoms with Crippen molar-refractivity contribution in [1.82, 2.24) is 10.2 Å². The van der Waals surface area contributed by atoms with Gasteiger partial charge in [-0.3, -0.25) is 4.79 Å². The highest BCUT2D eigenvalue weighted by Crippen LogP contribution is 2.20. The third kappa shape index (κ3) is 3.57. The van der Waals surface area contributed by atoms with E-state index in [1.165, 1.54) is 17.5 Å². The molecule has 0 spiro atoms. The Morgan fingerprint density at radius 3 is 2.79 bits per heavy atom. The zero-order chi connectivity index (χ0) is 13.7. The largest absolute Gasteiger partial charge is 0.341 e. The minimum atomic E-state index is 0.225. The van der Waals surface area contributed by atoms with Crippen LogP contribution in [0.2, 0.25) is 0 Å². The Balaban J connectivity index is 2.10. The van der Waals surface area contributed by atoms with Crippen molar-refractivity contribution in [3.8, 4) is 0 Å².